The zero-order valence-corrected chi connectivity index (χ0v) is 14.0. The molecule has 100 valence electrons. The van der Waals surface area contributed by atoms with Crippen LogP contribution >= 0.6 is 0 Å². The predicted octanol–water partition coefficient (Wildman–Crippen LogP) is 1.63. The summed E-state index contributed by atoms with van der Waals surface area (Å²) in [5.41, 5.74) is 0. The fourth-order valence-corrected chi connectivity index (χ4v) is 2.64. The smallest absolute Gasteiger partial charge is 0.582 e. The van der Waals surface area contributed by atoms with Crippen LogP contribution in [0, 0.1) is 23.6 Å². The van der Waals surface area contributed by atoms with Gasteiger partial charge in [0.2, 0.25) is 0 Å². The van der Waals surface area contributed by atoms with Crippen molar-refractivity contribution in [2.75, 3.05) is 7.11 Å². The van der Waals surface area contributed by atoms with E-state index in [1.807, 2.05) is 7.11 Å². The summed E-state index contributed by atoms with van der Waals surface area (Å²) in [6, 6.07) is 0. The molecule has 0 aliphatic heterocycles. The number of hydrogen-bond acceptors (Lipinski definition) is 1. The number of hydrogen-bond donors (Lipinski definition) is 0. The summed E-state index contributed by atoms with van der Waals surface area (Å²) in [5.74, 6) is 8.94. The van der Waals surface area contributed by atoms with E-state index in [9.17, 15) is 0 Å². The van der Waals surface area contributed by atoms with E-state index in [1.165, 1.54) is 0 Å². The van der Waals surface area contributed by atoms with Gasteiger partial charge in [-0.2, -0.15) is 0 Å². The van der Waals surface area contributed by atoms with Gasteiger partial charge in [-0.05, 0) is 7.11 Å². The van der Waals surface area contributed by atoms with Gasteiger partial charge in [-0.25, -0.2) is 0 Å². The van der Waals surface area contributed by atoms with Crippen molar-refractivity contribution in [3.05, 3.63) is 0 Å². The second-order valence-corrected chi connectivity index (χ2v) is 6.03. The zero-order chi connectivity index (χ0) is 13.6. The molecule has 0 spiro atoms. The first-order chi connectivity index (χ1) is 7.83. The summed E-state index contributed by atoms with van der Waals surface area (Å²) in [7, 11) is 1.84. The molecule has 3 heteroatoms. The van der Waals surface area contributed by atoms with E-state index in [1.54, 1.807) is 0 Å². The Morgan fingerprint density at radius 1 is 0.944 bits per heavy atom. The monoisotopic (exact) mass is 244 g/mol. The molecule has 0 aromatic rings. The summed E-state index contributed by atoms with van der Waals surface area (Å²) in [6.45, 7) is 15.7. The molecule has 0 N–H and O–H groups in total. The van der Waals surface area contributed by atoms with Crippen molar-refractivity contribution in [3.8, 4) is 11.7 Å². The van der Waals surface area contributed by atoms with Gasteiger partial charge >= 0.3 is 18.9 Å². The van der Waals surface area contributed by atoms with Crippen molar-refractivity contribution >= 4 is 6.35 Å². The Labute approximate surface area is 127 Å². The minimum absolute atomic E-state index is 0. The minimum atomic E-state index is -1.06. The maximum atomic E-state index is 5.98. The molecule has 0 aliphatic rings. The van der Waals surface area contributed by atoms with Crippen molar-refractivity contribution in [3.63, 3.8) is 0 Å². The zero-order valence-electron chi connectivity index (χ0n) is 14.0. The van der Waals surface area contributed by atoms with E-state index in [2.05, 4.69) is 60.2 Å². The fraction of sp³-hybridized carbons (Fsp3) is 0.867. The van der Waals surface area contributed by atoms with Crippen LogP contribution in [0.3, 0.4) is 0 Å². The Bertz CT molecular complexity index is 264. The summed E-state index contributed by atoms with van der Waals surface area (Å²) in [5, 5.41) is 0. The molecule has 0 saturated carbocycles. The summed E-state index contributed by atoms with van der Waals surface area (Å²) < 4.78 is 5.98. The van der Waals surface area contributed by atoms with Crippen LogP contribution in [-0.2, 0) is 4.65 Å². The first kappa shape index (κ1) is 20.5. The van der Waals surface area contributed by atoms with Crippen LogP contribution in [0.25, 0.3) is 0 Å². The predicted molar refractivity (Wildman–Crippen MR) is 79.4 cm³/mol. The SMILES string of the molecule is CCC#C[B-](OC)(C(C)C(C)C)C(C)C(C)C.[Li+]. The molecule has 0 radical (unpaired) electrons. The third kappa shape index (κ3) is 4.70. The molecular formula is C15H30BLiO. The standard InChI is InChI=1S/C15H30BO.Li/c1-9-10-11-16(17-8,14(6)12(2)3)15(7)13(4)5;/h12-15H,9H2,1-8H3;/q-1;+1. The maximum Gasteiger partial charge on any atom is 1.00 e. The van der Waals surface area contributed by atoms with Gasteiger partial charge in [-0.1, -0.05) is 60.3 Å². The van der Waals surface area contributed by atoms with Gasteiger partial charge < -0.3 is 4.65 Å². The van der Waals surface area contributed by atoms with Gasteiger partial charge in [0.25, 0.3) is 0 Å². The van der Waals surface area contributed by atoms with Crippen LogP contribution < -0.4 is 18.9 Å². The van der Waals surface area contributed by atoms with Crippen LogP contribution in [0.15, 0.2) is 0 Å². The van der Waals surface area contributed by atoms with Crippen molar-refractivity contribution in [1.29, 1.82) is 0 Å². The van der Waals surface area contributed by atoms with Gasteiger partial charge in [-0.3, -0.25) is 5.82 Å². The quantitative estimate of drug-likeness (QED) is 0.527. The first-order valence-electron chi connectivity index (χ1n) is 7.04. The number of rotatable bonds is 5. The maximum absolute atomic E-state index is 5.98. The normalized spacial score (nSPS) is 17.4. The Kier molecular flexibility index (Phi) is 10.4. The van der Waals surface area contributed by atoms with E-state index in [0.717, 1.165) is 6.42 Å². The van der Waals surface area contributed by atoms with E-state index in [0.29, 0.717) is 23.5 Å². The molecule has 0 rings (SSSR count). The third-order valence-corrected chi connectivity index (χ3v) is 4.56. The van der Waals surface area contributed by atoms with Crippen LogP contribution in [-0.4, -0.2) is 13.5 Å². The van der Waals surface area contributed by atoms with Crippen LogP contribution in [0.5, 0.6) is 0 Å². The van der Waals surface area contributed by atoms with Gasteiger partial charge in [0, 0.05) is 6.42 Å². The van der Waals surface area contributed by atoms with Crippen LogP contribution in [0.4, 0.5) is 0 Å². The molecule has 0 aromatic heterocycles. The average molecular weight is 244 g/mol. The molecule has 2 atom stereocenters. The Balaban J connectivity index is 0. The summed E-state index contributed by atoms with van der Waals surface area (Å²) >= 11 is 0. The van der Waals surface area contributed by atoms with E-state index < -0.39 is 6.35 Å². The Hall–Kier alpha value is 0.182. The Morgan fingerprint density at radius 3 is 1.56 bits per heavy atom. The summed E-state index contributed by atoms with van der Waals surface area (Å²) in [4.78, 5) is 0. The molecule has 0 aromatic carbocycles. The summed E-state index contributed by atoms with van der Waals surface area (Å²) in [6.07, 6.45) is -0.157. The molecule has 0 aliphatic carbocycles. The van der Waals surface area contributed by atoms with Gasteiger partial charge in [-0.15, -0.1) is 17.6 Å². The molecule has 0 amide bonds. The van der Waals surface area contributed by atoms with E-state index in [-0.39, 0.29) is 18.9 Å². The molecule has 1 nitrogen and oxygen atoms in total. The van der Waals surface area contributed by atoms with Crippen molar-refractivity contribution in [2.45, 2.75) is 66.5 Å². The van der Waals surface area contributed by atoms with Crippen molar-refractivity contribution in [2.24, 2.45) is 11.8 Å². The van der Waals surface area contributed by atoms with E-state index >= 15 is 0 Å². The second-order valence-electron chi connectivity index (χ2n) is 6.03. The van der Waals surface area contributed by atoms with Crippen LogP contribution in [0.2, 0.25) is 11.6 Å². The first-order valence-corrected chi connectivity index (χ1v) is 7.04. The van der Waals surface area contributed by atoms with Crippen LogP contribution in [0.1, 0.15) is 54.9 Å². The molecule has 0 saturated heterocycles. The minimum Gasteiger partial charge on any atom is -0.582 e. The van der Waals surface area contributed by atoms with E-state index in [4.69, 9.17) is 4.65 Å². The second kappa shape index (κ2) is 9.14. The average Bonchev–Trinajstić information content (AvgIpc) is 2.29. The third-order valence-electron chi connectivity index (χ3n) is 4.56. The van der Waals surface area contributed by atoms with Gasteiger partial charge in [0.1, 0.15) is 0 Å². The molecule has 0 fully saturated rings. The van der Waals surface area contributed by atoms with Gasteiger partial charge in [0.15, 0.2) is 6.35 Å². The molecular weight excluding hydrogens is 214 g/mol. The van der Waals surface area contributed by atoms with Crippen molar-refractivity contribution in [1.82, 2.24) is 0 Å². The molecule has 0 heterocycles. The molecule has 18 heavy (non-hydrogen) atoms. The Morgan fingerprint density at radius 2 is 1.33 bits per heavy atom. The largest absolute Gasteiger partial charge is 1.00 e. The van der Waals surface area contributed by atoms with Gasteiger partial charge in [0.05, 0.1) is 0 Å². The van der Waals surface area contributed by atoms with Crippen molar-refractivity contribution < 1.29 is 23.5 Å². The fourth-order valence-electron chi connectivity index (χ4n) is 2.64. The topological polar surface area (TPSA) is 9.23 Å². The molecule has 0 bridgehead atoms. The molecule has 2 unspecified atom stereocenters.